The Hall–Kier alpha value is -1.35. The Balaban J connectivity index is 2.63. The van der Waals surface area contributed by atoms with Gasteiger partial charge in [0.05, 0.1) is 12.1 Å². The summed E-state index contributed by atoms with van der Waals surface area (Å²) >= 11 is 5.93. The van der Waals surface area contributed by atoms with Crippen LogP contribution in [0.4, 0.5) is 0 Å². The molecule has 1 rings (SSSR count). The standard InChI is InChI=1S/C13H15ClO3/c1-9(15)4-3-5-12(16)10-6-7-13(17-2)11(14)8-10/h6-8H,3-5H2,1-2H3. The SMILES string of the molecule is COc1ccc(C(=O)CCCC(C)=O)cc1Cl. The number of methoxy groups -OCH3 is 1. The number of halogens is 1. The van der Waals surface area contributed by atoms with Crippen LogP contribution in [0.1, 0.15) is 36.5 Å². The van der Waals surface area contributed by atoms with Crippen LogP contribution in [-0.4, -0.2) is 18.7 Å². The van der Waals surface area contributed by atoms with Crippen LogP contribution in [0, 0.1) is 0 Å². The molecule has 4 heteroatoms. The van der Waals surface area contributed by atoms with Gasteiger partial charge in [-0.1, -0.05) is 11.6 Å². The third kappa shape index (κ3) is 4.19. The number of benzene rings is 1. The lowest BCUT2D eigenvalue weighted by molar-refractivity contribution is -0.117. The predicted octanol–water partition coefficient (Wildman–Crippen LogP) is 3.29. The number of carbonyl (C=O) groups excluding carboxylic acids is 2. The summed E-state index contributed by atoms with van der Waals surface area (Å²) in [5, 5.41) is 0.421. The molecule has 1 aromatic carbocycles. The van der Waals surface area contributed by atoms with Crippen molar-refractivity contribution in [3.05, 3.63) is 28.8 Å². The van der Waals surface area contributed by atoms with Crippen LogP contribution in [-0.2, 0) is 4.79 Å². The maximum absolute atomic E-state index is 11.8. The first kappa shape index (κ1) is 13.7. The van der Waals surface area contributed by atoms with E-state index in [9.17, 15) is 9.59 Å². The van der Waals surface area contributed by atoms with E-state index in [0.717, 1.165) is 0 Å². The third-order valence-corrected chi connectivity index (χ3v) is 2.70. The number of rotatable bonds is 6. The molecule has 0 amide bonds. The number of Topliss-reactive ketones (excluding diaryl/α,β-unsaturated/α-hetero) is 2. The van der Waals surface area contributed by atoms with E-state index in [1.807, 2.05) is 0 Å². The van der Waals surface area contributed by atoms with Crippen LogP contribution in [0.5, 0.6) is 5.75 Å². The molecule has 0 unspecified atom stereocenters. The molecule has 3 nitrogen and oxygen atoms in total. The number of carbonyl (C=O) groups is 2. The zero-order chi connectivity index (χ0) is 12.8. The highest BCUT2D eigenvalue weighted by molar-refractivity contribution is 6.32. The van der Waals surface area contributed by atoms with Gasteiger partial charge in [-0.25, -0.2) is 0 Å². The molecule has 0 saturated carbocycles. The lowest BCUT2D eigenvalue weighted by atomic mass is 10.0. The molecule has 1 aromatic rings. The van der Waals surface area contributed by atoms with E-state index >= 15 is 0 Å². The Morgan fingerprint density at radius 3 is 2.53 bits per heavy atom. The largest absolute Gasteiger partial charge is 0.495 e. The monoisotopic (exact) mass is 254 g/mol. The molecule has 92 valence electrons. The van der Waals surface area contributed by atoms with Crippen LogP contribution < -0.4 is 4.74 Å². The fraction of sp³-hybridized carbons (Fsp3) is 0.385. The molecular weight excluding hydrogens is 240 g/mol. The van der Waals surface area contributed by atoms with E-state index in [1.165, 1.54) is 14.0 Å². The van der Waals surface area contributed by atoms with E-state index in [-0.39, 0.29) is 11.6 Å². The zero-order valence-corrected chi connectivity index (χ0v) is 10.7. The van der Waals surface area contributed by atoms with Crippen molar-refractivity contribution in [2.45, 2.75) is 26.2 Å². The van der Waals surface area contributed by atoms with Crippen molar-refractivity contribution in [2.75, 3.05) is 7.11 Å². The van der Waals surface area contributed by atoms with Crippen LogP contribution in [0.25, 0.3) is 0 Å². The van der Waals surface area contributed by atoms with Gasteiger partial charge in [0.1, 0.15) is 11.5 Å². The number of hydrogen-bond donors (Lipinski definition) is 0. The summed E-state index contributed by atoms with van der Waals surface area (Å²) in [6, 6.07) is 4.94. The van der Waals surface area contributed by atoms with Gasteiger partial charge in [-0.05, 0) is 31.5 Å². The predicted molar refractivity (Wildman–Crippen MR) is 66.9 cm³/mol. The summed E-state index contributed by atoms with van der Waals surface area (Å²) in [6.45, 7) is 1.52. The molecule has 0 N–H and O–H groups in total. The highest BCUT2D eigenvalue weighted by Gasteiger charge is 2.09. The topological polar surface area (TPSA) is 43.4 Å². The summed E-state index contributed by atoms with van der Waals surface area (Å²) in [5.41, 5.74) is 0.555. The smallest absolute Gasteiger partial charge is 0.162 e. The fourth-order valence-electron chi connectivity index (χ4n) is 1.48. The second kappa shape index (κ2) is 6.40. The second-order valence-electron chi connectivity index (χ2n) is 3.83. The molecule has 0 radical (unpaired) electrons. The Morgan fingerprint density at radius 2 is 2.00 bits per heavy atom. The molecule has 0 atom stereocenters. The van der Waals surface area contributed by atoms with Gasteiger partial charge in [0.25, 0.3) is 0 Å². The summed E-state index contributed by atoms with van der Waals surface area (Å²) < 4.78 is 5.00. The maximum Gasteiger partial charge on any atom is 0.162 e. The molecule has 0 bridgehead atoms. The molecule has 0 aliphatic heterocycles. The minimum Gasteiger partial charge on any atom is -0.495 e. The van der Waals surface area contributed by atoms with Crippen molar-refractivity contribution in [3.8, 4) is 5.75 Å². The van der Waals surface area contributed by atoms with E-state index in [0.29, 0.717) is 35.6 Å². The van der Waals surface area contributed by atoms with Crippen molar-refractivity contribution in [2.24, 2.45) is 0 Å². The van der Waals surface area contributed by atoms with Gasteiger partial charge in [0.15, 0.2) is 5.78 Å². The molecule has 0 heterocycles. The van der Waals surface area contributed by atoms with Gasteiger partial charge < -0.3 is 9.53 Å². The van der Waals surface area contributed by atoms with E-state index in [4.69, 9.17) is 16.3 Å². The molecule has 0 spiro atoms. The van der Waals surface area contributed by atoms with Gasteiger partial charge in [-0.15, -0.1) is 0 Å². The van der Waals surface area contributed by atoms with E-state index in [1.54, 1.807) is 18.2 Å². The van der Waals surface area contributed by atoms with Crippen LogP contribution in [0.3, 0.4) is 0 Å². The normalized spacial score (nSPS) is 10.1. The highest BCUT2D eigenvalue weighted by Crippen LogP contribution is 2.25. The molecule has 0 saturated heterocycles. The lowest BCUT2D eigenvalue weighted by Crippen LogP contribution is -2.01. The van der Waals surface area contributed by atoms with Gasteiger partial charge >= 0.3 is 0 Å². The fourth-order valence-corrected chi connectivity index (χ4v) is 1.74. The molecular formula is C13H15ClO3. The average molecular weight is 255 g/mol. The maximum atomic E-state index is 11.8. The van der Waals surface area contributed by atoms with Gasteiger partial charge in [0, 0.05) is 18.4 Å². The van der Waals surface area contributed by atoms with Crippen LogP contribution in [0.2, 0.25) is 5.02 Å². The summed E-state index contributed by atoms with van der Waals surface area (Å²) in [5.74, 6) is 0.647. The Labute approximate surface area is 106 Å². The Morgan fingerprint density at radius 1 is 1.29 bits per heavy atom. The Bertz CT molecular complexity index is 427. The van der Waals surface area contributed by atoms with Crippen molar-refractivity contribution >= 4 is 23.2 Å². The average Bonchev–Trinajstić information content (AvgIpc) is 2.28. The second-order valence-corrected chi connectivity index (χ2v) is 4.24. The quantitative estimate of drug-likeness (QED) is 0.732. The molecule has 0 fully saturated rings. The van der Waals surface area contributed by atoms with E-state index < -0.39 is 0 Å². The number of hydrogen-bond acceptors (Lipinski definition) is 3. The molecule has 0 aliphatic rings. The van der Waals surface area contributed by atoms with Crippen LogP contribution in [0.15, 0.2) is 18.2 Å². The number of ether oxygens (including phenoxy) is 1. The first-order valence-corrected chi connectivity index (χ1v) is 5.78. The Kier molecular flexibility index (Phi) is 5.16. The summed E-state index contributed by atoms with van der Waals surface area (Å²) in [7, 11) is 1.52. The van der Waals surface area contributed by atoms with Crippen LogP contribution >= 0.6 is 11.6 Å². The minimum absolute atomic E-state index is 0.00389. The third-order valence-electron chi connectivity index (χ3n) is 2.41. The first-order valence-electron chi connectivity index (χ1n) is 5.40. The summed E-state index contributed by atoms with van der Waals surface area (Å²) in [4.78, 5) is 22.5. The van der Waals surface area contributed by atoms with Gasteiger partial charge in [0.2, 0.25) is 0 Å². The number of ketones is 2. The van der Waals surface area contributed by atoms with Crippen molar-refractivity contribution < 1.29 is 14.3 Å². The molecule has 0 aliphatic carbocycles. The summed E-state index contributed by atoms with van der Waals surface area (Å²) in [6.07, 6.45) is 1.38. The minimum atomic E-state index is -0.00389. The highest BCUT2D eigenvalue weighted by atomic mass is 35.5. The molecule has 0 aromatic heterocycles. The van der Waals surface area contributed by atoms with Gasteiger partial charge in [-0.3, -0.25) is 4.79 Å². The van der Waals surface area contributed by atoms with Crippen molar-refractivity contribution in [3.63, 3.8) is 0 Å². The molecule has 17 heavy (non-hydrogen) atoms. The van der Waals surface area contributed by atoms with E-state index in [2.05, 4.69) is 0 Å². The van der Waals surface area contributed by atoms with Crippen molar-refractivity contribution in [1.82, 2.24) is 0 Å². The van der Waals surface area contributed by atoms with Gasteiger partial charge in [-0.2, -0.15) is 0 Å². The first-order chi connectivity index (χ1) is 8.04. The van der Waals surface area contributed by atoms with Crippen molar-refractivity contribution in [1.29, 1.82) is 0 Å². The zero-order valence-electron chi connectivity index (χ0n) is 9.96. The lowest BCUT2D eigenvalue weighted by Gasteiger charge is -2.05.